The van der Waals surface area contributed by atoms with Gasteiger partial charge in [-0.2, -0.15) is 5.26 Å². The molecule has 0 spiro atoms. The molecule has 1 fully saturated rings. The van der Waals surface area contributed by atoms with E-state index in [1.54, 1.807) is 6.07 Å². The number of fused-ring (bicyclic) bond motifs is 1. The summed E-state index contributed by atoms with van der Waals surface area (Å²) in [7, 11) is 2.09. The number of hydrogen-bond donors (Lipinski definition) is 0. The minimum atomic E-state index is -0.342. The first-order valence-corrected chi connectivity index (χ1v) is 6.98. The second kappa shape index (κ2) is 5.49. The lowest BCUT2D eigenvalue weighted by Crippen LogP contribution is -2.45. The molecule has 2 aliphatic rings. The van der Waals surface area contributed by atoms with Crippen molar-refractivity contribution in [3.05, 3.63) is 22.7 Å². The molecular formula is C14H16ClN3O2. The van der Waals surface area contributed by atoms with Crippen LogP contribution in [0.3, 0.4) is 0 Å². The first kappa shape index (κ1) is 13.5. The summed E-state index contributed by atoms with van der Waals surface area (Å²) in [5, 5.41) is 10.1. The Morgan fingerprint density at radius 3 is 2.50 bits per heavy atom. The SMILES string of the molecule is CN1CCN(C(C#N)c2cc3c(cc2Cl)OCO3)CC1. The topological polar surface area (TPSA) is 48.7 Å². The molecule has 0 aliphatic carbocycles. The Kier molecular flexibility index (Phi) is 3.70. The Hall–Kier alpha value is -1.48. The van der Waals surface area contributed by atoms with E-state index in [4.69, 9.17) is 21.1 Å². The molecule has 0 saturated carbocycles. The van der Waals surface area contributed by atoms with Crippen LogP contribution in [0.1, 0.15) is 11.6 Å². The fraction of sp³-hybridized carbons (Fsp3) is 0.500. The number of ether oxygens (including phenoxy) is 2. The van der Waals surface area contributed by atoms with E-state index in [1.807, 2.05) is 6.07 Å². The predicted molar refractivity (Wildman–Crippen MR) is 75.0 cm³/mol. The summed E-state index contributed by atoms with van der Waals surface area (Å²) < 4.78 is 10.7. The molecule has 1 aromatic carbocycles. The van der Waals surface area contributed by atoms with Gasteiger partial charge in [0, 0.05) is 37.8 Å². The molecule has 1 aromatic rings. The zero-order chi connectivity index (χ0) is 14.1. The predicted octanol–water partition coefficient (Wildman–Crippen LogP) is 1.88. The third-order valence-electron chi connectivity index (χ3n) is 3.81. The summed E-state index contributed by atoms with van der Waals surface area (Å²) >= 11 is 6.31. The molecule has 0 bridgehead atoms. The van der Waals surface area contributed by atoms with E-state index in [9.17, 15) is 5.26 Å². The molecule has 1 saturated heterocycles. The van der Waals surface area contributed by atoms with E-state index < -0.39 is 0 Å². The van der Waals surface area contributed by atoms with Crippen molar-refractivity contribution >= 4 is 11.6 Å². The van der Waals surface area contributed by atoms with Gasteiger partial charge in [0.25, 0.3) is 0 Å². The van der Waals surface area contributed by atoms with Crippen LogP contribution >= 0.6 is 11.6 Å². The van der Waals surface area contributed by atoms with E-state index >= 15 is 0 Å². The normalized spacial score (nSPS) is 20.6. The highest BCUT2D eigenvalue weighted by molar-refractivity contribution is 6.31. The highest BCUT2D eigenvalue weighted by Crippen LogP contribution is 2.40. The van der Waals surface area contributed by atoms with E-state index in [2.05, 4.69) is 22.9 Å². The van der Waals surface area contributed by atoms with Crippen molar-refractivity contribution in [1.82, 2.24) is 9.80 Å². The van der Waals surface area contributed by atoms with Crippen molar-refractivity contribution in [2.45, 2.75) is 6.04 Å². The van der Waals surface area contributed by atoms with Crippen LogP contribution in [0.15, 0.2) is 12.1 Å². The van der Waals surface area contributed by atoms with Gasteiger partial charge in [0.2, 0.25) is 6.79 Å². The minimum Gasteiger partial charge on any atom is -0.454 e. The van der Waals surface area contributed by atoms with Gasteiger partial charge in [-0.1, -0.05) is 11.6 Å². The first-order valence-electron chi connectivity index (χ1n) is 6.60. The molecule has 2 aliphatic heterocycles. The Morgan fingerprint density at radius 1 is 1.20 bits per heavy atom. The number of benzene rings is 1. The lowest BCUT2D eigenvalue weighted by molar-refractivity contribution is 0.132. The average Bonchev–Trinajstić information content (AvgIpc) is 2.89. The highest BCUT2D eigenvalue weighted by Gasteiger charge is 2.27. The summed E-state index contributed by atoms with van der Waals surface area (Å²) in [6.45, 7) is 3.85. The number of nitrogens with zero attached hydrogens (tertiary/aromatic N) is 3. The summed E-state index contributed by atoms with van der Waals surface area (Å²) in [6.07, 6.45) is 0. The van der Waals surface area contributed by atoms with Crippen LogP contribution in [0.25, 0.3) is 0 Å². The molecule has 5 nitrogen and oxygen atoms in total. The van der Waals surface area contributed by atoms with Gasteiger partial charge in [-0.25, -0.2) is 0 Å². The Morgan fingerprint density at radius 2 is 1.85 bits per heavy atom. The first-order chi connectivity index (χ1) is 9.69. The number of nitriles is 1. The van der Waals surface area contributed by atoms with Crippen molar-refractivity contribution in [2.75, 3.05) is 40.0 Å². The third-order valence-corrected chi connectivity index (χ3v) is 4.14. The second-order valence-corrected chi connectivity index (χ2v) is 5.51. The molecule has 0 N–H and O–H groups in total. The van der Waals surface area contributed by atoms with Crippen LogP contribution in [0, 0.1) is 11.3 Å². The molecule has 20 heavy (non-hydrogen) atoms. The minimum absolute atomic E-state index is 0.209. The van der Waals surface area contributed by atoms with E-state index in [0.29, 0.717) is 16.5 Å². The maximum Gasteiger partial charge on any atom is 0.231 e. The highest BCUT2D eigenvalue weighted by atomic mass is 35.5. The summed E-state index contributed by atoms with van der Waals surface area (Å²) in [6, 6.07) is 5.59. The molecule has 106 valence electrons. The number of hydrogen-bond acceptors (Lipinski definition) is 5. The summed E-state index contributed by atoms with van der Waals surface area (Å²) in [4.78, 5) is 4.41. The summed E-state index contributed by atoms with van der Waals surface area (Å²) in [5.41, 5.74) is 0.794. The van der Waals surface area contributed by atoms with Crippen LogP contribution in [0.4, 0.5) is 0 Å². The van der Waals surface area contributed by atoms with Gasteiger partial charge in [-0.15, -0.1) is 0 Å². The van der Waals surface area contributed by atoms with Crippen molar-refractivity contribution < 1.29 is 9.47 Å². The van der Waals surface area contributed by atoms with Gasteiger partial charge in [0.15, 0.2) is 11.5 Å². The number of likely N-dealkylation sites (N-methyl/N-ethyl adjacent to an activating group) is 1. The quantitative estimate of drug-likeness (QED) is 0.833. The standard InChI is InChI=1S/C14H16ClN3O2/c1-17-2-4-18(5-3-17)12(8-16)10-6-13-14(7-11(10)15)20-9-19-13/h6-7,12H,2-5,9H2,1H3. The maximum atomic E-state index is 9.53. The molecule has 0 radical (unpaired) electrons. The molecule has 1 atom stereocenters. The van der Waals surface area contributed by atoms with E-state index in [1.165, 1.54) is 0 Å². The maximum absolute atomic E-state index is 9.53. The lowest BCUT2D eigenvalue weighted by Gasteiger charge is -2.35. The van der Waals surface area contributed by atoms with Crippen molar-refractivity contribution in [2.24, 2.45) is 0 Å². The zero-order valence-electron chi connectivity index (χ0n) is 11.3. The van der Waals surface area contributed by atoms with Gasteiger partial charge in [0.1, 0.15) is 6.04 Å². The fourth-order valence-corrected chi connectivity index (χ4v) is 2.83. The summed E-state index contributed by atoms with van der Waals surface area (Å²) in [5.74, 6) is 1.31. The Bertz CT molecular complexity index is 550. The number of rotatable bonds is 2. The lowest BCUT2D eigenvalue weighted by atomic mass is 10.0. The average molecular weight is 294 g/mol. The second-order valence-electron chi connectivity index (χ2n) is 5.10. The third kappa shape index (κ3) is 2.42. The van der Waals surface area contributed by atoms with Crippen LogP contribution < -0.4 is 9.47 Å². The Balaban J connectivity index is 1.88. The van der Waals surface area contributed by atoms with Crippen molar-refractivity contribution in [3.8, 4) is 17.6 Å². The van der Waals surface area contributed by atoms with Gasteiger partial charge in [-0.05, 0) is 13.1 Å². The molecule has 0 amide bonds. The van der Waals surface area contributed by atoms with Crippen LogP contribution in [0.5, 0.6) is 11.5 Å². The van der Waals surface area contributed by atoms with E-state index in [0.717, 1.165) is 31.7 Å². The molecule has 0 aromatic heterocycles. The molecule has 6 heteroatoms. The van der Waals surface area contributed by atoms with Gasteiger partial charge >= 0.3 is 0 Å². The fourth-order valence-electron chi connectivity index (χ4n) is 2.57. The van der Waals surface area contributed by atoms with Crippen molar-refractivity contribution in [3.63, 3.8) is 0 Å². The van der Waals surface area contributed by atoms with Crippen LogP contribution in [-0.4, -0.2) is 49.8 Å². The zero-order valence-corrected chi connectivity index (χ0v) is 12.1. The van der Waals surface area contributed by atoms with Gasteiger partial charge < -0.3 is 14.4 Å². The number of piperazine rings is 1. The monoisotopic (exact) mass is 293 g/mol. The molecule has 3 rings (SSSR count). The van der Waals surface area contributed by atoms with Crippen molar-refractivity contribution in [1.29, 1.82) is 5.26 Å². The largest absolute Gasteiger partial charge is 0.454 e. The van der Waals surface area contributed by atoms with Gasteiger partial charge in [0.05, 0.1) is 11.1 Å². The van der Waals surface area contributed by atoms with Crippen LogP contribution in [0.2, 0.25) is 5.02 Å². The Labute approximate surface area is 123 Å². The van der Waals surface area contributed by atoms with E-state index in [-0.39, 0.29) is 12.8 Å². The van der Waals surface area contributed by atoms with Gasteiger partial charge in [-0.3, -0.25) is 4.90 Å². The molecule has 1 unspecified atom stereocenters. The smallest absolute Gasteiger partial charge is 0.231 e. The molecular weight excluding hydrogens is 278 g/mol. The number of halogens is 1. The van der Waals surface area contributed by atoms with Crippen LogP contribution in [-0.2, 0) is 0 Å². The molecule has 2 heterocycles.